The molecule has 0 amide bonds. The first-order valence-electron chi connectivity index (χ1n) is 22.6. The lowest BCUT2D eigenvalue weighted by Gasteiger charge is -2.22. The summed E-state index contributed by atoms with van der Waals surface area (Å²) in [6.45, 7) is 4.70. The van der Waals surface area contributed by atoms with E-state index in [0.717, 1.165) is 49.4 Å². The second-order valence-electron chi connectivity index (χ2n) is 18.3. The van der Waals surface area contributed by atoms with E-state index in [4.69, 9.17) is 8.83 Å². The van der Waals surface area contributed by atoms with Crippen LogP contribution < -0.4 is 0 Å². The van der Waals surface area contributed by atoms with Gasteiger partial charge in [-0.3, -0.25) is 0 Å². The first-order chi connectivity index (χ1) is 32.0. The lowest BCUT2D eigenvalue weighted by atomic mass is 9.81. The highest BCUT2D eigenvalue weighted by Crippen LogP contribution is 2.51. The summed E-state index contributed by atoms with van der Waals surface area (Å²) in [5.41, 5.74) is 18.5. The molecule has 13 aromatic rings. The molecule has 0 radical (unpaired) electrons. The Bertz CT molecular complexity index is 4130. The summed E-state index contributed by atoms with van der Waals surface area (Å²) in [4.78, 5) is 0. The van der Waals surface area contributed by atoms with E-state index in [-0.39, 0.29) is 5.41 Å². The number of hydrogen-bond acceptors (Lipinski definition) is 2. The molecule has 11 aromatic carbocycles. The van der Waals surface area contributed by atoms with Gasteiger partial charge in [0.15, 0.2) is 0 Å². The molecule has 0 atom stereocenters. The molecular weight excluding hydrogens is 789 g/mol. The molecule has 0 saturated heterocycles. The van der Waals surface area contributed by atoms with Crippen LogP contribution in [0.5, 0.6) is 0 Å². The van der Waals surface area contributed by atoms with Gasteiger partial charge in [-0.2, -0.15) is 0 Å². The SMILES string of the molecule is CC1(C)c2ccccc2-c2ccc(-c3ccc(-c4c5ccccc5c(-c5ccc6oc7cc8c(cc7c6c5)oc5ccccc58)c5cc(-c6cccc7ccccc67)ccc45)cc3)cc21. The number of para-hydroxylation sites is 1. The Morgan fingerprint density at radius 2 is 0.800 bits per heavy atom. The van der Waals surface area contributed by atoms with Gasteiger partial charge in [-0.1, -0.05) is 178 Å². The van der Waals surface area contributed by atoms with Crippen molar-refractivity contribution in [2.45, 2.75) is 19.3 Å². The summed E-state index contributed by atoms with van der Waals surface area (Å²) in [6, 6.07) is 75.8. The Labute approximate surface area is 375 Å². The van der Waals surface area contributed by atoms with Crippen LogP contribution in [-0.4, -0.2) is 0 Å². The van der Waals surface area contributed by atoms with Crippen LogP contribution in [0.1, 0.15) is 25.0 Å². The van der Waals surface area contributed by atoms with Gasteiger partial charge in [-0.05, 0) is 142 Å². The molecule has 2 heterocycles. The normalized spacial score (nSPS) is 13.2. The Hall–Kier alpha value is -8.20. The Kier molecular flexibility index (Phi) is 7.49. The maximum atomic E-state index is 6.59. The van der Waals surface area contributed by atoms with Crippen LogP contribution >= 0.6 is 0 Å². The van der Waals surface area contributed by atoms with Crippen LogP contribution in [0.15, 0.2) is 215 Å². The molecule has 0 aliphatic heterocycles. The van der Waals surface area contributed by atoms with E-state index in [2.05, 4.69) is 208 Å². The highest BCUT2D eigenvalue weighted by Gasteiger charge is 2.35. The molecule has 0 fully saturated rings. The molecule has 14 rings (SSSR count). The quantitative estimate of drug-likeness (QED) is 0.165. The fourth-order valence-electron chi connectivity index (χ4n) is 11.3. The zero-order valence-electron chi connectivity index (χ0n) is 35.9. The van der Waals surface area contributed by atoms with Gasteiger partial charge in [-0.25, -0.2) is 0 Å². The van der Waals surface area contributed by atoms with Crippen LogP contribution in [0, 0.1) is 0 Å². The number of hydrogen-bond donors (Lipinski definition) is 0. The summed E-state index contributed by atoms with van der Waals surface area (Å²) in [6.07, 6.45) is 0. The van der Waals surface area contributed by atoms with Crippen LogP contribution in [0.4, 0.5) is 0 Å². The minimum absolute atomic E-state index is 0.0530. The monoisotopic (exact) mass is 828 g/mol. The van der Waals surface area contributed by atoms with Crippen molar-refractivity contribution in [2.24, 2.45) is 0 Å². The zero-order chi connectivity index (χ0) is 43.0. The van der Waals surface area contributed by atoms with E-state index in [1.165, 1.54) is 93.5 Å². The number of furan rings is 2. The number of benzene rings is 11. The summed E-state index contributed by atoms with van der Waals surface area (Å²) in [7, 11) is 0. The highest BCUT2D eigenvalue weighted by molar-refractivity contribution is 6.23. The van der Waals surface area contributed by atoms with E-state index in [1.807, 2.05) is 12.1 Å². The van der Waals surface area contributed by atoms with E-state index >= 15 is 0 Å². The van der Waals surface area contributed by atoms with Crippen molar-refractivity contribution in [2.75, 3.05) is 0 Å². The second-order valence-corrected chi connectivity index (χ2v) is 18.3. The van der Waals surface area contributed by atoms with Crippen LogP contribution in [0.2, 0.25) is 0 Å². The lowest BCUT2D eigenvalue weighted by Crippen LogP contribution is -2.14. The summed E-state index contributed by atoms with van der Waals surface area (Å²) >= 11 is 0. The van der Waals surface area contributed by atoms with Gasteiger partial charge in [0.25, 0.3) is 0 Å². The average molecular weight is 829 g/mol. The molecule has 0 N–H and O–H groups in total. The predicted octanol–water partition coefficient (Wildman–Crippen LogP) is 17.9. The van der Waals surface area contributed by atoms with Crippen molar-refractivity contribution < 1.29 is 8.83 Å². The molecule has 304 valence electrons. The minimum atomic E-state index is -0.0530. The van der Waals surface area contributed by atoms with Crippen LogP contribution in [0.3, 0.4) is 0 Å². The summed E-state index contributed by atoms with van der Waals surface area (Å²) in [5.74, 6) is 0. The highest BCUT2D eigenvalue weighted by atomic mass is 16.3. The van der Waals surface area contributed by atoms with E-state index < -0.39 is 0 Å². The third-order valence-electron chi connectivity index (χ3n) is 14.5. The predicted molar refractivity (Wildman–Crippen MR) is 273 cm³/mol. The van der Waals surface area contributed by atoms with Gasteiger partial charge in [0.1, 0.15) is 22.3 Å². The maximum absolute atomic E-state index is 6.59. The van der Waals surface area contributed by atoms with Gasteiger partial charge < -0.3 is 8.83 Å². The zero-order valence-corrected chi connectivity index (χ0v) is 35.9. The van der Waals surface area contributed by atoms with Crippen molar-refractivity contribution >= 4 is 76.2 Å². The molecular formula is C63H40O2. The topological polar surface area (TPSA) is 26.3 Å². The standard InChI is InChI=1S/C63H40O2/c1-63(2)55-20-9-7-15-45(55)46-29-26-40(34-56(46)63)37-22-24-39(25-23-37)61-48-17-5-6-18-49(48)62(54-32-41(27-30-50(54)61)44-19-11-13-38-12-3-4-14-43(38)44)42-28-31-58-51(33-42)53-36-59-52(35-60(53)65-58)47-16-8-10-21-57(47)64-59/h3-36H,1-2H3. The second kappa shape index (κ2) is 13.4. The molecule has 0 bridgehead atoms. The van der Waals surface area contributed by atoms with Crippen molar-refractivity contribution in [3.63, 3.8) is 0 Å². The molecule has 1 aliphatic carbocycles. The summed E-state index contributed by atoms with van der Waals surface area (Å²) in [5, 5.41) is 11.6. The van der Waals surface area contributed by atoms with Gasteiger partial charge in [0, 0.05) is 27.0 Å². The largest absolute Gasteiger partial charge is 0.456 e. The molecule has 0 spiro atoms. The number of fused-ring (bicyclic) bond motifs is 12. The first-order valence-corrected chi connectivity index (χ1v) is 22.6. The third kappa shape index (κ3) is 5.29. The molecule has 2 aromatic heterocycles. The molecule has 65 heavy (non-hydrogen) atoms. The van der Waals surface area contributed by atoms with Gasteiger partial charge in [0.05, 0.1) is 0 Å². The average Bonchev–Trinajstić information content (AvgIpc) is 3.98. The first kappa shape index (κ1) is 36.3. The number of rotatable bonds is 4. The van der Waals surface area contributed by atoms with Crippen molar-refractivity contribution in [3.8, 4) is 55.6 Å². The lowest BCUT2D eigenvalue weighted by molar-refractivity contribution is 0.660. The van der Waals surface area contributed by atoms with Gasteiger partial charge in [0.2, 0.25) is 0 Å². The molecule has 2 heteroatoms. The third-order valence-corrected chi connectivity index (χ3v) is 14.5. The van der Waals surface area contributed by atoms with Crippen molar-refractivity contribution in [3.05, 3.63) is 217 Å². The molecule has 1 aliphatic rings. The van der Waals surface area contributed by atoms with Crippen molar-refractivity contribution in [1.29, 1.82) is 0 Å². The molecule has 0 saturated carbocycles. The minimum Gasteiger partial charge on any atom is -0.456 e. The van der Waals surface area contributed by atoms with Gasteiger partial charge in [-0.15, -0.1) is 0 Å². The van der Waals surface area contributed by atoms with E-state index in [0.29, 0.717) is 0 Å². The van der Waals surface area contributed by atoms with Crippen LogP contribution in [0.25, 0.3) is 132 Å². The molecule has 2 nitrogen and oxygen atoms in total. The maximum Gasteiger partial charge on any atom is 0.136 e. The van der Waals surface area contributed by atoms with Crippen LogP contribution in [-0.2, 0) is 5.41 Å². The summed E-state index contributed by atoms with van der Waals surface area (Å²) < 4.78 is 13.0. The van der Waals surface area contributed by atoms with Gasteiger partial charge >= 0.3 is 0 Å². The smallest absolute Gasteiger partial charge is 0.136 e. The Balaban J connectivity index is 0.979. The fourth-order valence-corrected chi connectivity index (χ4v) is 11.3. The van der Waals surface area contributed by atoms with E-state index in [9.17, 15) is 0 Å². The van der Waals surface area contributed by atoms with E-state index in [1.54, 1.807) is 0 Å². The molecule has 0 unspecified atom stereocenters. The van der Waals surface area contributed by atoms with Crippen molar-refractivity contribution in [1.82, 2.24) is 0 Å². The fraction of sp³-hybridized carbons (Fsp3) is 0.0476. The Morgan fingerprint density at radius 1 is 0.277 bits per heavy atom. The Morgan fingerprint density at radius 3 is 1.62 bits per heavy atom.